The normalized spacial score (nSPS) is 15.4. The van der Waals surface area contributed by atoms with Crippen molar-refractivity contribution in [3.63, 3.8) is 0 Å². The van der Waals surface area contributed by atoms with Gasteiger partial charge in [0.15, 0.2) is 5.96 Å². The molecule has 0 aliphatic carbocycles. The zero-order chi connectivity index (χ0) is 22.4. The van der Waals surface area contributed by atoms with Gasteiger partial charge in [-0.15, -0.1) is 0 Å². The zero-order valence-electron chi connectivity index (χ0n) is 17.9. The molecule has 3 rings (SSSR count). The molecule has 2 aromatic rings. The Morgan fingerprint density at radius 1 is 1.16 bits per heavy atom. The van der Waals surface area contributed by atoms with Crippen LogP contribution in [-0.2, 0) is 12.7 Å². The smallest absolute Gasteiger partial charge is 0.416 e. The van der Waals surface area contributed by atoms with Crippen LogP contribution >= 0.6 is 0 Å². The fourth-order valence-electron chi connectivity index (χ4n) is 3.40. The van der Waals surface area contributed by atoms with E-state index < -0.39 is 11.7 Å². The van der Waals surface area contributed by atoms with Crippen molar-refractivity contribution in [1.29, 1.82) is 0 Å². The third-order valence-corrected chi connectivity index (χ3v) is 4.82. The summed E-state index contributed by atoms with van der Waals surface area (Å²) in [6.45, 7) is 6.26. The minimum Gasteiger partial charge on any atom is -0.491 e. The molecule has 1 aliphatic rings. The molecule has 0 bridgehead atoms. The molecule has 0 spiro atoms. The fourth-order valence-corrected chi connectivity index (χ4v) is 3.40. The third-order valence-electron chi connectivity index (χ3n) is 4.82. The van der Waals surface area contributed by atoms with E-state index in [1.54, 1.807) is 45.4 Å². The number of piperazine rings is 1. The summed E-state index contributed by atoms with van der Waals surface area (Å²) in [7, 11) is 1.62. The first-order chi connectivity index (χ1) is 14.8. The predicted molar refractivity (Wildman–Crippen MR) is 113 cm³/mol. The van der Waals surface area contributed by atoms with Gasteiger partial charge < -0.3 is 19.9 Å². The van der Waals surface area contributed by atoms with E-state index in [2.05, 4.69) is 25.2 Å². The molecule has 1 fully saturated rings. The van der Waals surface area contributed by atoms with Crippen molar-refractivity contribution in [2.75, 3.05) is 38.1 Å². The largest absolute Gasteiger partial charge is 0.491 e. The Morgan fingerprint density at radius 3 is 2.42 bits per heavy atom. The monoisotopic (exact) mass is 436 g/mol. The molecular formula is C21H27F3N6O. The van der Waals surface area contributed by atoms with Crippen molar-refractivity contribution in [3.8, 4) is 5.75 Å². The summed E-state index contributed by atoms with van der Waals surface area (Å²) >= 11 is 0. The second kappa shape index (κ2) is 9.84. The van der Waals surface area contributed by atoms with E-state index in [1.807, 2.05) is 4.90 Å². The second-order valence-electron chi connectivity index (χ2n) is 7.41. The summed E-state index contributed by atoms with van der Waals surface area (Å²) in [4.78, 5) is 16.9. The van der Waals surface area contributed by atoms with Crippen molar-refractivity contribution in [1.82, 2.24) is 20.2 Å². The first kappa shape index (κ1) is 22.6. The van der Waals surface area contributed by atoms with Gasteiger partial charge in [-0.3, -0.25) is 4.99 Å². The highest BCUT2D eigenvalue weighted by Gasteiger charge is 2.34. The van der Waals surface area contributed by atoms with Crippen molar-refractivity contribution < 1.29 is 17.9 Å². The standard InChI is InChI=1S/C21H27F3N6O/c1-15(2)31-17-6-5-16(18(13-17)21(22,23)24)14-28-19(25-3)29-9-11-30(12-10-29)20-26-7-4-8-27-20/h4-8,13,15H,9-12,14H2,1-3H3,(H,25,28). The molecule has 1 aromatic carbocycles. The molecule has 0 amide bonds. The van der Waals surface area contributed by atoms with E-state index in [4.69, 9.17) is 4.74 Å². The van der Waals surface area contributed by atoms with Gasteiger partial charge >= 0.3 is 6.18 Å². The lowest BCUT2D eigenvalue weighted by atomic mass is 10.1. The average molecular weight is 436 g/mol. The molecule has 10 heteroatoms. The van der Waals surface area contributed by atoms with Crippen LogP contribution in [0.2, 0.25) is 0 Å². The van der Waals surface area contributed by atoms with Crippen LogP contribution in [-0.4, -0.2) is 60.2 Å². The van der Waals surface area contributed by atoms with Gasteiger partial charge in [0.25, 0.3) is 0 Å². The molecule has 0 unspecified atom stereocenters. The Labute approximate surface area is 180 Å². The maximum absolute atomic E-state index is 13.6. The number of halogens is 3. The summed E-state index contributed by atoms with van der Waals surface area (Å²) in [5.41, 5.74) is -0.569. The maximum Gasteiger partial charge on any atom is 0.416 e. The highest BCUT2D eigenvalue weighted by molar-refractivity contribution is 5.80. The van der Waals surface area contributed by atoms with E-state index in [1.165, 1.54) is 6.07 Å². The maximum atomic E-state index is 13.6. The van der Waals surface area contributed by atoms with Crippen LogP contribution in [0.4, 0.5) is 19.1 Å². The van der Waals surface area contributed by atoms with Crippen LogP contribution in [0.5, 0.6) is 5.75 Å². The molecule has 0 radical (unpaired) electrons. The Kier molecular flexibility index (Phi) is 7.19. The van der Waals surface area contributed by atoms with E-state index in [9.17, 15) is 13.2 Å². The van der Waals surface area contributed by atoms with Gasteiger partial charge in [0.2, 0.25) is 5.95 Å². The first-order valence-electron chi connectivity index (χ1n) is 10.1. The van der Waals surface area contributed by atoms with Gasteiger partial charge in [-0.05, 0) is 37.6 Å². The average Bonchev–Trinajstić information content (AvgIpc) is 2.75. The van der Waals surface area contributed by atoms with E-state index >= 15 is 0 Å². The number of hydrogen-bond donors (Lipinski definition) is 1. The number of aromatic nitrogens is 2. The highest BCUT2D eigenvalue weighted by atomic mass is 19.4. The molecule has 1 saturated heterocycles. The van der Waals surface area contributed by atoms with Crippen LogP contribution in [0.3, 0.4) is 0 Å². The molecular weight excluding hydrogens is 409 g/mol. The molecule has 0 saturated carbocycles. The second-order valence-corrected chi connectivity index (χ2v) is 7.41. The zero-order valence-corrected chi connectivity index (χ0v) is 17.9. The number of anilines is 1. The quantitative estimate of drug-likeness (QED) is 0.574. The van der Waals surface area contributed by atoms with Crippen LogP contribution in [0.25, 0.3) is 0 Å². The fraction of sp³-hybridized carbons (Fsp3) is 0.476. The third kappa shape index (κ3) is 5.99. The van der Waals surface area contributed by atoms with Crippen molar-refractivity contribution in [2.24, 2.45) is 4.99 Å². The van der Waals surface area contributed by atoms with Gasteiger partial charge in [0, 0.05) is 52.2 Å². The lowest BCUT2D eigenvalue weighted by Crippen LogP contribution is -2.52. The van der Waals surface area contributed by atoms with Gasteiger partial charge in [-0.25, -0.2) is 9.97 Å². The number of benzene rings is 1. The van der Waals surface area contributed by atoms with Crippen LogP contribution in [0, 0.1) is 0 Å². The van der Waals surface area contributed by atoms with Crippen LogP contribution in [0.15, 0.2) is 41.7 Å². The number of rotatable bonds is 5. The summed E-state index contributed by atoms with van der Waals surface area (Å²) in [6, 6.07) is 5.83. The number of guanidine groups is 1. The number of alkyl halides is 3. The van der Waals surface area contributed by atoms with Gasteiger partial charge in [0.1, 0.15) is 5.75 Å². The van der Waals surface area contributed by atoms with Crippen molar-refractivity contribution in [2.45, 2.75) is 32.7 Å². The topological polar surface area (TPSA) is 65.9 Å². The Bertz CT molecular complexity index is 880. The SMILES string of the molecule is CN=C(NCc1ccc(OC(C)C)cc1C(F)(F)F)N1CCN(c2ncccn2)CC1. The summed E-state index contributed by atoms with van der Waals surface area (Å²) in [5, 5.41) is 3.07. The molecule has 1 aromatic heterocycles. The predicted octanol–water partition coefficient (Wildman–Crippen LogP) is 3.18. The van der Waals surface area contributed by atoms with Crippen LogP contribution < -0.4 is 15.0 Å². The highest BCUT2D eigenvalue weighted by Crippen LogP contribution is 2.34. The van der Waals surface area contributed by atoms with Gasteiger partial charge in [0.05, 0.1) is 11.7 Å². The number of nitrogens with zero attached hydrogens (tertiary/aromatic N) is 5. The number of hydrogen-bond acceptors (Lipinski definition) is 5. The Morgan fingerprint density at radius 2 is 1.84 bits per heavy atom. The number of ether oxygens (including phenoxy) is 1. The van der Waals surface area contributed by atoms with E-state index in [0.29, 0.717) is 38.1 Å². The number of nitrogens with one attached hydrogen (secondary N) is 1. The molecule has 2 heterocycles. The van der Waals surface area contributed by atoms with E-state index in [0.717, 1.165) is 6.07 Å². The lowest BCUT2D eigenvalue weighted by Gasteiger charge is -2.36. The molecule has 1 N–H and O–H groups in total. The Hall–Kier alpha value is -3.04. The molecule has 7 nitrogen and oxygen atoms in total. The molecule has 1 aliphatic heterocycles. The Balaban J connectivity index is 1.64. The summed E-state index contributed by atoms with van der Waals surface area (Å²) in [5.74, 6) is 1.43. The first-order valence-corrected chi connectivity index (χ1v) is 10.1. The summed E-state index contributed by atoms with van der Waals surface area (Å²) in [6.07, 6.45) is -1.28. The van der Waals surface area contributed by atoms with Gasteiger partial charge in [-0.2, -0.15) is 13.2 Å². The molecule has 31 heavy (non-hydrogen) atoms. The minimum absolute atomic E-state index is 0.00544. The lowest BCUT2D eigenvalue weighted by molar-refractivity contribution is -0.138. The van der Waals surface area contributed by atoms with E-state index in [-0.39, 0.29) is 24.0 Å². The van der Waals surface area contributed by atoms with Crippen molar-refractivity contribution in [3.05, 3.63) is 47.8 Å². The molecule has 0 atom stereocenters. The minimum atomic E-state index is -4.47. The van der Waals surface area contributed by atoms with Crippen molar-refractivity contribution >= 4 is 11.9 Å². The van der Waals surface area contributed by atoms with Crippen LogP contribution in [0.1, 0.15) is 25.0 Å². The molecule has 168 valence electrons. The van der Waals surface area contributed by atoms with Gasteiger partial charge in [-0.1, -0.05) is 6.07 Å². The number of aliphatic imine (C=N–C) groups is 1. The summed E-state index contributed by atoms with van der Waals surface area (Å²) < 4.78 is 46.2.